The quantitative estimate of drug-likeness (QED) is 0.244. The molecule has 0 radical (unpaired) electrons. The number of hydrogen-bond acceptors (Lipinski definition) is 5. The highest BCUT2D eigenvalue weighted by atomic mass is 79.9. The van der Waals surface area contributed by atoms with E-state index in [1.165, 1.54) is 18.3 Å². The Morgan fingerprint density at radius 2 is 1.72 bits per heavy atom. The number of hydrazone groups is 1. The normalized spacial score (nSPS) is 10.8. The van der Waals surface area contributed by atoms with Gasteiger partial charge in [0.05, 0.1) is 11.8 Å². The van der Waals surface area contributed by atoms with E-state index in [1.807, 2.05) is 30.3 Å². The summed E-state index contributed by atoms with van der Waals surface area (Å²) in [6.07, 6.45) is 1.44. The van der Waals surface area contributed by atoms with E-state index in [1.54, 1.807) is 12.1 Å². The van der Waals surface area contributed by atoms with Crippen LogP contribution in [0.25, 0.3) is 0 Å². The van der Waals surface area contributed by atoms with Crippen molar-refractivity contribution in [1.82, 2.24) is 5.43 Å². The Bertz CT molecular complexity index is 1050. The number of nitrogens with one attached hydrogen (secondary N) is 1. The molecular formula is C21H16Br2N2O4. The number of benzene rings is 3. The molecule has 0 aliphatic heterocycles. The van der Waals surface area contributed by atoms with Crippen LogP contribution < -0.4 is 10.2 Å². The molecule has 0 saturated carbocycles. The van der Waals surface area contributed by atoms with Gasteiger partial charge in [-0.05, 0) is 54.1 Å². The molecule has 6 nitrogen and oxygen atoms in total. The predicted molar refractivity (Wildman–Crippen MR) is 117 cm³/mol. The van der Waals surface area contributed by atoms with Crippen molar-refractivity contribution < 1.29 is 19.7 Å². The number of phenols is 2. The molecule has 3 aromatic carbocycles. The van der Waals surface area contributed by atoms with E-state index in [2.05, 4.69) is 42.4 Å². The Morgan fingerprint density at radius 1 is 1.00 bits per heavy atom. The molecule has 148 valence electrons. The summed E-state index contributed by atoms with van der Waals surface area (Å²) in [5.41, 5.74) is 3.90. The lowest BCUT2D eigenvalue weighted by Crippen LogP contribution is -2.17. The minimum absolute atomic E-state index is 0.0805. The molecule has 3 aromatic rings. The molecule has 0 unspecified atom stereocenters. The highest BCUT2D eigenvalue weighted by Crippen LogP contribution is 2.24. The Hall–Kier alpha value is -2.84. The van der Waals surface area contributed by atoms with Gasteiger partial charge in [0.2, 0.25) is 0 Å². The highest BCUT2D eigenvalue weighted by molar-refractivity contribution is 9.10. The summed E-state index contributed by atoms with van der Waals surface area (Å²) in [6.45, 7) is 0.374. The van der Waals surface area contributed by atoms with E-state index in [0.717, 1.165) is 20.6 Å². The number of aromatic hydroxyl groups is 2. The fraction of sp³-hybridized carbons (Fsp3) is 0.0476. The van der Waals surface area contributed by atoms with Crippen molar-refractivity contribution in [3.63, 3.8) is 0 Å². The smallest absolute Gasteiger partial charge is 0.275 e. The Morgan fingerprint density at radius 3 is 2.48 bits per heavy atom. The van der Waals surface area contributed by atoms with Crippen LogP contribution in [0.2, 0.25) is 0 Å². The maximum absolute atomic E-state index is 12.2. The average molecular weight is 520 g/mol. The van der Waals surface area contributed by atoms with E-state index >= 15 is 0 Å². The van der Waals surface area contributed by atoms with Crippen LogP contribution in [0.15, 0.2) is 74.7 Å². The molecule has 0 bridgehead atoms. The first-order valence-electron chi connectivity index (χ1n) is 8.44. The van der Waals surface area contributed by atoms with Crippen LogP contribution in [0.4, 0.5) is 0 Å². The van der Waals surface area contributed by atoms with Crippen LogP contribution in [0.3, 0.4) is 0 Å². The van der Waals surface area contributed by atoms with Crippen molar-refractivity contribution in [1.29, 1.82) is 0 Å². The van der Waals surface area contributed by atoms with Gasteiger partial charge in [-0.25, -0.2) is 5.43 Å². The SMILES string of the molecule is O=C(N/N=C/c1cc(Br)ccc1OCc1ccc(Br)cc1)c1cc(O)ccc1O. The molecule has 0 atom stereocenters. The third kappa shape index (κ3) is 5.82. The summed E-state index contributed by atoms with van der Waals surface area (Å²) >= 11 is 6.80. The molecule has 0 heterocycles. The zero-order valence-corrected chi connectivity index (χ0v) is 18.1. The number of phenolic OH excluding ortho intramolecular Hbond substituents is 2. The molecule has 0 saturated heterocycles. The van der Waals surface area contributed by atoms with E-state index in [-0.39, 0.29) is 17.1 Å². The molecule has 3 N–H and O–H groups in total. The summed E-state index contributed by atoms with van der Waals surface area (Å²) in [4.78, 5) is 12.2. The number of nitrogens with zero attached hydrogens (tertiary/aromatic N) is 1. The van der Waals surface area contributed by atoms with Crippen LogP contribution >= 0.6 is 31.9 Å². The fourth-order valence-corrected chi connectivity index (χ4v) is 3.06. The standard InChI is InChI=1S/C21H16Br2N2O4/c22-15-3-1-13(2-4-15)12-29-20-8-5-16(23)9-14(20)11-24-25-21(28)18-10-17(26)6-7-19(18)27/h1-11,26-27H,12H2,(H,25,28)/b24-11+. The van der Waals surface area contributed by atoms with Crippen molar-refractivity contribution >= 4 is 44.0 Å². The number of carbonyl (C=O) groups is 1. The van der Waals surface area contributed by atoms with Gasteiger partial charge in [0.25, 0.3) is 5.91 Å². The summed E-state index contributed by atoms with van der Waals surface area (Å²) in [5, 5.41) is 23.1. The van der Waals surface area contributed by atoms with Gasteiger partial charge >= 0.3 is 0 Å². The van der Waals surface area contributed by atoms with Gasteiger partial charge < -0.3 is 14.9 Å². The Balaban J connectivity index is 1.71. The fourth-order valence-electron chi connectivity index (χ4n) is 2.42. The van der Waals surface area contributed by atoms with Gasteiger partial charge in [-0.2, -0.15) is 5.10 Å². The molecule has 0 fully saturated rings. The Labute approximate surface area is 184 Å². The molecule has 8 heteroatoms. The monoisotopic (exact) mass is 518 g/mol. The first-order valence-corrected chi connectivity index (χ1v) is 10.0. The lowest BCUT2D eigenvalue weighted by atomic mass is 10.2. The minimum atomic E-state index is -0.651. The number of ether oxygens (including phenoxy) is 1. The second-order valence-corrected chi connectivity index (χ2v) is 7.83. The van der Waals surface area contributed by atoms with Crippen LogP contribution in [-0.2, 0) is 6.61 Å². The molecule has 0 aliphatic rings. The predicted octanol–water partition coefficient (Wildman–Crippen LogP) is 4.97. The van der Waals surface area contributed by atoms with Gasteiger partial charge in [-0.1, -0.05) is 44.0 Å². The van der Waals surface area contributed by atoms with Gasteiger partial charge in [0.1, 0.15) is 23.9 Å². The van der Waals surface area contributed by atoms with Gasteiger partial charge in [-0.3, -0.25) is 4.79 Å². The van der Waals surface area contributed by atoms with Crippen LogP contribution in [0.5, 0.6) is 17.2 Å². The van der Waals surface area contributed by atoms with Crippen molar-refractivity contribution in [3.05, 3.63) is 86.3 Å². The lowest BCUT2D eigenvalue weighted by molar-refractivity contribution is 0.0952. The topological polar surface area (TPSA) is 91.2 Å². The van der Waals surface area contributed by atoms with E-state index in [0.29, 0.717) is 17.9 Å². The number of halogens is 2. The average Bonchev–Trinajstić information content (AvgIpc) is 2.70. The minimum Gasteiger partial charge on any atom is -0.508 e. The highest BCUT2D eigenvalue weighted by Gasteiger charge is 2.11. The second-order valence-electron chi connectivity index (χ2n) is 6.00. The first-order chi connectivity index (χ1) is 13.9. The maximum Gasteiger partial charge on any atom is 0.275 e. The van der Waals surface area contributed by atoms with Crippen molar-refractivity contribution in [2.75, 3.05) is 0 Å². The summed E-state index contributed by atoms with van der Waals surface area (Å²) in [7, 11) is 0. The summed E-state index contributed by atoms with van der Waals surface area (Å²) in [5.74, 6) is -0.444. The van der Waals surface area contributed by atoms with Gasteiger partial charge in [-0.15, -0.1) is 0 Å². The Kier molecular flexibility index (Phi) is 6.90. The number of rotatable bonds is 6. The number of hydrogen-bond donors (Lipinski definition) is 3. The summed E-state index contributed by atoms with van der Waals surface area (Å²) in [6, 6.07) is 16.9. The molecule has 0 spiro atoms. The maximum atomic E-state index is 12.2. The number of amides is 1. The van der Waals surface area contributed by atoms with E-state index in [4.69, 9.17) is 4.74 Å². The number of carbonyl (C=O) groups excluding carboxylic acids is 1. The van der Waals surface area contributed by atoms with Gasteiger partial charge in [0.15, 0.2) is 0 Å². The van der Waals surface area contributed by atoms with Crippen molar-refractivity contribution in [3.8, 4) is 17.2 Å². The lowest BCUT2D eigenvalue weighted by Gasteiger charge is -2.10. The van der Waals surface area contributed by atoms with Crippen molar-refractivity contribution in [2.45, 2.75) is 6.61 Å². The van der Waals surface area contributed by atoms with Crippen LogP contribution in [0, 0.1) is 0 Å². The zero-order valence-electron chi connectivity index (χ0n) is 15.0. The largest absolute Gasteiger partial charge is 0.508 e. The van der Waals surface area contributed by atoms with Crippen LogP contribution in [0.1, 0.15) is 21.5 Å². The first kappa shape index (κ1) is 20.9. The molecule has 0 aliphatic carbocycles. The van der Waals surface area contributed by atoms with Crippen LogP contribution in [-0.4, -0.2) is 22.3 Å². The van der Waals surface area contributed by atoms with Gasteiger partial charge in [0, 0.05) is 14.5 Å². The van der Waals surface area contributed by atoms with E-state index in [9.17, 15) is 15.0 Å². The van der Waals surface area contributed by atoms with Crippen molar-refractivity contribution in [2.24, 2.45) is 5.10 Å². The third-order valence-corrected chi connectivity index (χ3v) is 4.90. The second kappa shape index (κ2) is 9.58. The molecule has 0 aromatic heterocycles. The molecular weight excluding hydrogens is 504 g/mol. The molecule has 1 amide bonds. The van der Waals surface area contributed by atoms with E-state index < -0.39 is 5.91 Å². The third-order valence-electron chi connectivity index (χ3n) is 3.87. The molecule has 29 heavy (non-hydrogen) atoms. The zero-order chi connectivity index (χ0) is 20.8. The summed E-state index contributed by atoms with van der Waals surface area (Å²) < 4.78 is 7.70. The molecule has 3 rings (SSSR count).